The molecule has 7 nitrogen and oxygen atoms in total. The van der Waals surface area contributed by atoms with Gasteiger partial charge in [0.25, 0.3) is 5.56 Å². The molecule has 2 saturated heterocycles. The van der Waals surface area contributed by atoms with Crippen molar-refractivity contribution in [1.82, 2.24) is 9.55 Å². The number of rotatable bonds is 1. The second-order valence-electron chi connectivity index (χ2n) is 3.99. The van der Waals surface area contributed by atoms with Crippen LogP contribution in [0, 0.1) is 0 Å². The van der Waals surface area contributed by atoms with Crippen molar-refractivity contribution in [3.8, 4) is 0 Å². The van der Waals surface area contributed by atoms with Gasteiger partial charge in [0.15, 0.2) is 18.6 Å². The van der Waals surface area contributed by atoms with Crippen molar-refractivity contribution in [3.63, 3.8) is 0 Å². The third-order valence-corrected chi connectivity index (χ3v) is 3.37. The highest BCUT2D eigenvalue weighted by Gasteiger charge is 2.43. The first-order valence-corrected chi connectivity index (χ1v) is 5.94. The summed E-state index contributed by atoms with van der Waals surface area (Å²) in [7, 11) is 0. The number of H-pyrrole nitrogens is 1. The zero-order valence-electron chi connectivity index (χ0n) is 9.20. The van der Waals surface area contributed by atoms with E-state index in [4.69, 9.17) is 13.1 Å². The Morgan fingerprint density at radius 2 is 2.33 bits per heavy atom. The van der Waals surface area contributed by atoms with Crippen LogP contribution in [0.4, 0.5) is 0 Å². The molecule has 8 heteroatoms. The van der Waals surface area contributed by atoms with Crippen molar-refractivity contribution < 1.29 is 13.1 Å². The Bertz CT molecular complexity index is 594. The molecule has 96 valence electrons. The first-order chi connectivity index (χ1) is 8.66. The van der Waals surface area contributed by atoms with Crippen molar-refractivity contribution in [3.05, 3.63) is 45.3 Å². The van der Waals surface area contributed by atoms with E-state index in [1.165, 1.54) is 16.8 Å². The van der Waals surface area contributed by atoms with Crippen molar-refractivity contribution in [2.45, 2.75) is 18.4 Å². The maximum atomic E-state index is 11.7. The first kappa shape index (κ1) is 11.7. The molecular weight excluding hydrogens is 260 g/mol. The molecule has 0 unspecified atom stereocenters. The molecule has 0 bridgehead atoms. The number of hydrogen-bond donors (Lipinski definition) is 1. The van der Waals surface area contributed by atoms with Crippen LogP contribution in [0.1, 0.15) is 6.23 Å². The lowest BCUT2D eigenvalue weighted by atomic mass is 10.1. The number of ether oxygens (including phenoxy) is 1. The lowest BCUT2D eigenvalue weighted by Crippen LogP contribution is -2.32. The molecule has 0 aliphatic carbocycles. The minimum absolute atomic E-state index is 0.289. The summed E-state index contributed by atoms with van der Waals surface area (Å²) in [6.07, 6.45) is 0.129. The second-order valence-corrected chi connectivity index (χ2v) is 4.55. The van der Waals surface area contributed by atoms with E-state index in [9.17, 15) is 9.59 Å². The minimum atomic E-state index is -0.647. The molecule has 3 rings (SSSR count). The quantitative estimate of drug-likeness (QED) is 0.570. The van der Waals surface area contributed by atoms with Crippen LogP contribution in [0.25, 0.3) is 0 Å². The fourth-order valence-corrected chi connectivity index (χ4v) is 2.55. The molecule has 2 aliphatic rings. The third-order valence-electron chi connectivity index (χ3n) is 2.85. The molecule has 1 aromatic heterocycles. The predicted molar refractivity (Wildman–Crippen MR) is 62.8 cm³/mol. The Hall–Kier alpha value is -1.35. The molecule has 1 N–H and O–H groups in total. The SMILES string of the molecule is C=C1[C@H](n2ccc(=O)[nH]c2=O)O[C@@H]2COSO[C@@H]12. The summed E-state index contributed by atoms with van der Waals surface area (Å²) in [5, 5.41) is 0. The smallest absolute Gasteiger partial charge is 0.330 e. The largest absolute Gasteiger partial charge is 0.345 e. The Labute approximate surface area is 106 Å². The highest BCUT2D eigenvalue weighted by Crippen LogP contribution is 2.39. The highest BCUT2D eigenvalue weighted by molar-refractivity contribution is 7.89. The van der Waals surface area contributed by atoms with Crippen molar-refractivity contribution in [1.29, 1.82) is 0 Å². The van der Waals surface area contributed by atoms with Crippen LogP contribution in [-0.4, -0.2) is 28.4 Å². The Kier molecular flexibility index (Phi) is 2.86. The average Bonchev–Trinajstić information content (AvgIpc) is 2.68. The molecule has 0 spiro atoms. The summed E-state index contributed by atoms with van der Waals surface area (Å²) in [5.74, 6) is 0. The maximum absolute atomic E-state index is 11.7. The Balaban J connectivity index is 1.95. The molecule has 2 fully saturated rings. The Morgan fingerprint density at radius 3 is 3.06 bits per heavy atom. The van der Waals surface area contributed by atoms with Crippen LogP contribution in [0.15, 0.2) is 34.0 Å². The fraction of sp³-hybridized carbons (Fsp3) is 0.400. The number of aromatic amines is 1. The molecule has 0 amide bonds. The van der Waals surface area contributed by atoms with Gasteiger partial charge in [-0.05, 0) is 0 Å². The van der Waals surface area contributed by atoms with Crippen LogP contribution < -0.4 is 11.2 Å². The van der Waals surface area contributed by atoms with Gasteiger partial charge in [0.2, 0.25) is 0 Å². The second kappa shape index (κ2) is 4.39. The molecule has 18 heavy (non-hydrogen) atoms. The number of hydrogen-bond acceptors (Lipinski definition) is 6. The van der Waals surface area contributed by atoms with Gasteiger partial charge in [-0.3, -0.25) is 22.7 Å². The summed E-state index contributed by atoms with van der Waals surface area (Å²) in [5.41, 5.74) is -0.363. The predicted octanol–water partition coefficient (Wildman–Crippen LogP) is -0.0312. The number of aromatic nitrogens is 2. The van der Waals surface area contributed by atoms with E-state index >= 15 is 0 Å². The van der Waals surface area contributed by atoms with Gasteiger partial charge in [0, 0.05) is 17.8 Å². The monoisotopic (exact) mass is 270 g/mol. The zero-order chi connectivity index (χ0) is 12.7. The van der Waals surface area contributed by atoms with Crippen LogP contribution in [0.2, 0.25) is 0 Å². The fourth-order valence-electron chi connectivity index (χ4n) is 1.98. The van der Waals surface area contributed by atoms with Crippen LogP contribution in [0.3, 0.4) is 0 Å². The molecule has 0 radical (unpaired) electrons. The van der Waals surface area contributed by atoms with Gasteiger partial charge in [0.05, 0.1) is 6.61 Å². The van der Waals surface area contributed by atoms with Gasteiger partial charge < -0.3 is 4.74 Å². The molecule has 3 atom stereocenters. The first-order valence-electron chi connectivity index (χ1n) is 5.27. The highest BCUT2D eigenvalue weighted by atomic mass is 32.2. The van der Waals surface area contributed by atoms with Crippen molar-refractivity contribution >= 4 is 12.3 Å². The topological polar surface area (TPSA) is 82.6 Å². The summed E-state index contributed by atoms with van der Waals surface area (Å²) < 4.78 is 17.3. The molecule has 3 heterocycles. The van der Waals surface area contributed by atoms with E-state index in [1.807, 2.05) is 0 Å². The molecule has 0 aromatic carbocycles. The zero-order valence-corrected chi connectivity index (χ0v) is 10.0. The molecule has 0 saturated carbocycles. The van der Waals surface area contributed by atoms with E-state index in [0.29, 0.717) is 12.2 Å². The summed E-state index contributed by atoms with van der Waals surface area (Å²) in [6, 6.07) is 1.26. The number of nitrogens with one attached hydrogen (secondary N) is 1. The van der Waals surface area contributed by atoms with Gasteiger partial charge in [0.1, 0.15) is 12.2 Å². The normalized spacial score (nSPS) is 31.3. The van der Waals surface area contributed by atoms with Crippen LogP contribution in [0.5, 0.6) is 0 Å². The van der Waals surface area contributed by atoms with E-state index in [-0.39, 0.29) is 12.2 Å². The minimum Gasteiger partial charge on any atom is -0.345 e. The van der Waals surface area contributed by atoms with Gasteiger partial charge in [-0.25, -0.2) is 4.79 Å². The molecule has 2 aliphatic heterocycles. The molecular formula is C10H10N2O5S. The average molecular weight is 270 g/mol. The summed E-state index contributed by atoms with van der Waals surface area (Å²) in [4.78, 5) is 24.9. The van der Waals surface area contributed by atoms with E-state index in [0.717, 1.165) is 12.3 Å². The standard InChI is InChI=1S/C10H10N2O5S/c1-5-8-6(4-15-18-17-8)16-9(5)12-3-2-7(13)11-10(12)14/h2-3,6,8-9H,1,4H2,(H,11,13,14)/t6-,8+,9-/m1/s1. The van der Waals surface area contributed by atoms with E-state index < -0.39 is 17.5 Å². The summed E-state index contributed by atoms with van der Waals surface area (Å²) in [6.45, 7) is 4.25. The van der Waals surface area contributed by atoms with Crippen molar-refractivity contribution in [2.75, 3.05) is 6.61 Å². The van der Waals surface area contributed by atoms with Crippen LogP contribution in [-0.2, 0) is 13.1 Å². The number of fused-ring (bicyclic) bond motifs is 1. The van der Waals surface area contributed by atoms with Gasteiger partial charge in [-0.1, -0.05) is 6.58 Å². The van der Waals surface area contributed by atoms with Gasteiger partial charge in [-0.2, -0.15) is 0 Å². The van der Waals surface area contributed by atoms with Crippen molar-refractivity contribution in [2.24, 2.45) is 0 Å². The summed E-state index contributed by atoms with van der Waals surface area (Å²) >= 11 is 0.893. The van der Waals surface area contributed by atoms with E-state index in [2.05, 4.69) is 11.6 Å². The lowest BCUT2D eigenvalue weighted by Gasteiger charge is -2.21. The van der Waals surface area contributed by atoms with E-state index in [1.54, 1.807) is 0 Å². The lowest BCUT2D eigenvalue weighted by molar-refractivity contribution is -0.0447. The van der Waals surface area contributed by atoms with Gasteiger partial charge in [-0.15, -0.1) is 0 Å². The Morgan fingerprint density at radius 1 is 1.50 bits per heavy atom. The van der Waals surface area contributed by atoms with Crippen LogP contribution >= 0.6 is 12.3 Å². The molecule has 1 aromatic rings. The van der Waals surface area contributed by atoms with Gasteiger partial charge >= 0.3 is 5.69 Å². The third kappa shape index (κ3) is 1.83. The number of nitrogens with zero attached hydrogens (tertiary/aromatic N) is 1. The maximum Gasteiger partial charge on any atom is 0.330 e.